The summed E-state index contributed by atoms with van der Waals surface area (Å²) in [6.07, 6.45) is 1.77. The zero-order valence-electron chi connectivity index (χ0n) is 10.9. The summed E-state index contributed by atoms with van der Waals surface area (Å²) in [5.74, 6) is 0.167. The topological polar surface area (TPSA) is 60.2 Å². The minimum absolute atomic E-state index is 0.0230. The van der Waals surface area contributed by atoms with E-state index in [1.807, 2.05) is 18.2 Å². The second kappa shape index (κ2) is 4.69. The summed E-state index contributed by atoms with van der Waals surface area (Å²) in [7, 11) is -2.92. The normalized spacial score (nSPS) is 12.7. The second-order valence-corrected chi connectivity index (χ2v) is 7.85. The van der Waals surface area contributed by atoms with Crippen LogP contribution in [0.3, 0.4) is 0 Å². The highest BCUT2D eigenvalue weighted by Crippen LogP contribution is 2.25. The molecule has 0 amide bonds. The zero-order chi connectivity index (χ0) is 13.3. The molecule has 0 aliphatic rings. The Morgan fingerprint density at radius 2 is 1.76 bits per heavy atom. The average Bonchev–Trinajstić information content (AvgIpc) is 2.11. The minimum atomic E-state index is -2.92. The molecule has 96 valence electrons. The van der Waals surface area contributed by atoms with Gasteiger partial charge in [0.05, 0.1) is 5.75 Å². The molecule has 0 aliphatic carbocycles. The van der Waals surface area contributed by atoms with Gasteiger partial charge < -0.3 is 5.73 Å². The highest BCUT2D eigenvalue weighted by atomic mass is 32.2. The van der Waals surface area contributed by atoms with Gasteiger partial charge in [-0.25, -0.2) is 8.42 Å². The van der Waals surface area contributed by atoms with Crippen LogP contribution >= 0.6 is 0 Å². The zero-order valence-corrected chi connectivity index (χ0v) is 11.8. The summed E-state index contributed by atoms with van der Waals surface area (Å²) in [4.78, 5) is 0. The van der Waals surface area contributed by atoms with Gasteiger partial charge in [0.15, 0.2) is 0 Å². The SMILES string of the molecule is CC(C)(C)c1cc(N)cc(CCS(C)(=O)=O)c1. The van der Waals surface area contributed by atoms with E-state index >= 15 is 0 Å². The van der Waals surface area contributed by atoms with Crippen LogP contribution in [0, 0.1) is 0 Å². The number of anilines is 1. The van der Waals surface area contributed by atoms with Crippen molar-refractivity contribution in [2.75, 3.05) is 17.7 Å². The molecule has 0 fully saturated rings. The molecule has 3 nitrogen and oxygen atoms in total. The first-order valence-corrected chi connectivity index (χ1v) is 7.72. The second-order valence-electron chi connectivity index (χ2n) is 5.59. The quantitative estimate of drug-likeness (QED) is 0.842. The van der Waals surface area contributed by atoms with E-state index in [1.54, 1.807) is 0 Å². The van der Waals surface area contributed by atoms with Crippen LogP contribution in [0.4, 0.5) is 5.69 Å². The number of benzene rings is 1. The Labute approximate surface area is 104 Å². The van der Waals surface area contributed by atoms with Gasteiger partial charge in [-0.3, -0.25) is 0 Å². The van der Waals surface area contributed by atoms with E-state index in [2.05, 4.69) is 20.8 Å². The molecule has 0 radical (unpaired) electrons. The molecule has 0 atom stereocenters. The Bertz CT molecular complexity index is 499. The third kappa shape index (κ3) is 4.77. The Hall–Kier alpha value is -1.03. The fourth-order valence-corrected chi connectivity index (χ4v) is 2.21. The van der Waals surface area contributed by atoms with Crippen molar-refractivity contribution in [2.24, 2.45) is 0 Å². The predicted molar refractivity (Wildman–Crippen MR) is 73.0 cm³/mol. The van der Waals surface area contributed by atoms with Crippen LogP contribution in [-0.4, -0.2) is 20.4 Å². The van der Waals surface area contributed by atoms with Crippen molar-refractivity contribution in [2.45, 2.75) is 32.6 Å². The molecule has 17 heavy (non-hydrogen) atoms. The summed E-state index contributed by atoms with van der Waals surface area (Å²) in [5, 5.41) is 0. The lowest BCUT2D eigenvalue weighted by atomic mass is 9.85. The molecule has 0 aromatic heterocycles. The van der Waals surface area contributed by atoms with Gasteiger partial charge in [-0.2, -0.15) is 0 Å². The summed E-state index contributed by atoms with van der Waals surface area (Å²) >= 11 is 0. The van der Waals surface area contributed by atoms with E-state index in [9.17, 15) is 8.42 Å². The smallest absolute Gasteiger partial charge is 0.147 e. The van der Waals surface area contributed by atoms with Crippen molar-refractivity contribution in [1.29, 1.82) is 0 Å². The molecule has 1 rings (SSSR count). The number of hydrogen-bond acceptors (Lipinski definition) is 3. The van der Waals surface area contributed by atoms with Crippen LogP contribution < -0.4 is 5.73 Å². The third-order valence-corrected chi connectivity index (χ3v) is 3.59. The van der Waals surface area contributed by atoms with Gasteiger partial charge in [0.25, 0.3) is 0 Å². The van der Waals surface area contributed by atoms with Gasteiger partial charge in [-0.15, -0.1) is 0 Å². The van der Waals surface area contributed by atoms with E-state index < -0.39 is 9.84 Å². The highest BCUT2D eigenvalue weighted by molar-refractivity contribution is 7.90. The van der Waals surface area contributed by atoms with Crippen molar-refractivity contribution in [3.05, 3.63) is 29.3 Å². The van der Waals surface area contributed by atoms with Crippen molar-refractivity contribution in [1.82, 2.24) is 0 Å². The fourth-order valence-electron chi connectivity index (χ4n) is 1.60. The highest BCUT2D eigenvalue weighted by Gasteiger charge is 2.15. The Morgan fingerprint density at radius 3 is 2.24 bits per heavy atom. The van der Waals surface area contributed by atoms with Crippen LogP contribution in [-0.2, 0) is 21.7 Å². The third-order valence-electron chi connectivity index (χ3n) is 2.64. The van der Waals surface area contributed by atoms with Crippen molar-refractivity contribution < 1.29 is 8.42 Å². The first-order valence-electron chi connectivity index (χ1n) is 5.65. The number of aryl methyl sites for hydroxylation is 1. The average molecular weight is 255 g/mol. The van der Waals surface area contributed by atoms with Gasteiger partial charge in [-0.05, 0) is 35.1 Å². The van der Waals surface area contributed by atoms with Crippen LogP contribution in [0.2, 0.25) is 0 Å². The lowest BCUT2D eigenvalue weighted by Gasteiger charge is -2.20. The van der Waals surface area contributed by atoms with E-state index in [0.29, 0.717) is 12.1 Å². The molecule has 1 aromatic rings. The first kappa shape index (κ1) is 14.0. The number of hydrogen-bond donors (Lipinski definition) is 1. The summed E-state index contributed by atoms with van der Waals surface area (Å²) in [6, 6.07) is 5.84. The number of nitrogen functional groups attached to an aromatic ring is 1. The number of sulfone groups is 1. The molecule has 0 aliphatic heterocycles. The summed E-state index contributed by atoms with van der Waals surface area (Å²) in [6.45, 7) is 6.34. The predicted octanol–water partition coefficient (Wildman–Crippen LogP) is 2.15. The molecule has 0 unspecified atom stereocenters. The summed E-state index contributed by atoms with van der Waals surface area (Å²) < 4.78 is 22.3. The molecular weight excluding hydrogens is 234 g/mol. The van der Waals surface area contributed by atoms with E-state index in [-0.39, 0.29) is 11.2 Å². The summed E-state index contributed by atoms with van der Waals surface area (Å²) in [5.41, 5.74) is 8.69. The lowest BCUT2D eigenvalue weighted by Crippen LogP contribution is -2.13. The number of rotatable bonds is 3. The molecule has 4 heteroatoms. The van der Waals surface area contributed by atoms with Crippen molar-refractivity contribution in [3.8, 4) is 0 Å². The maximum Gasteiger partial charge on any atom is 0.147 e. The monoisotopic (exact) mass is 255 g/mol. The molecule has 0 saturated carbocycles. The van der Waals surface area contributed by atoms with E-state index in [4.69, 9.17) is 5.73 Å². The molecular formula is C13H21NO2S. The van der Waals surface area contributed by atoms with Gasteiger partial charge in [-0.1, -0.05) is 26.8 Å². The van der Waals surface area contributed by atoms with Gasteiger partial charge in [0.1, 0.15) is 9.84 Å². The Kier molecular flexibility index (Phi) is 3.87. The van der Waals surface area contributed by atoms with Crippen LogP contribution in [0.15, 0.2) is 18.2 Å². The number of nitrogens with two attached hydrogens (primary N) is 1. The molecule has 0 bridgehead atoms. The van der Waals surface area contributed by atoms with Crippen LogP contribution in [0.5, 0.6) is 0 Å². The standard InChI is InChI=1S/C13H21NO2S/c1-13(2,3)11-7-10(8-12(14)9-11)5-6-17(4,15)16/h7-9H,5-6,14H2,1-4H3. The molecule has 0 spiro atoms. The minimum Gasteiger partial charge on any atom is -0.399 e. The maximum atomic E-state index is 11.1. The molecule has 1 aromatic carbocycles. The Morgan fingerprint density at radius 1 is 1.18 bits per heavy atom. The maximum absolute atomic E-state index is 11.1. The van der Waals surface area contributed by atoms with Crippen molar-refractivity contribution in [3.63, 3.8) is 0 Å². The van der Waals surface area contributed by atoms with Gasteiger partial charge in [0, 0.05) is 11.9 Å². The van der Waals surface area contributed by atoms with E-state index in [0.717, 1.165) is 11.1 Å². The largest absolute Gasteiger partial charge is 0.399 e. The van der Waals surface area contributed by atoms with Crippen LogP contribution in [0.1, 0.15) is 31.9 Å². The molecule has 0 saturated heterocycles. The Balaban J connectivity index is 2.98. The molecule has 0 heterocycles. The fraction of sp³-hybridized carbons (Fsp3) is 0.538. The molecule has 2 N–H and O–H groups in total. The lowest BCUT2D eigenvalue weighted by molar-refractivity contribution is 0.589. The van der Waals surface area contributed by atoms with Gasteiger partial charge in [0.2, 0.25) is 0 Å². The van der Waals surface area contributed by atoms with E-state index in [1.165, 1.54) is 6.26 Å². The van der Waals surface area contributed by atoms with Crippen LogP contribution in [0.25, 0.3) is 0 Å². The first-order chi connectivity index (χ1) is 7.58. The van der Waals surface area contributed by atoms with Gasteiger partial charge >= 0.3 is 0 Å². The van der Waals surface area contributed by atoms with Crippen molar-refractivity contribution >= 4 is 15.5 Å².